The van der Waals surface area contributed by atoms with Gasteiger partial charge in [0.25, 0.3) is 0 Å². The van der Waals surface area contributed by atoms with Crippen molar-refractivity contribution in [3.05, 3.63) is 47.9 Å². The number of ether oxygens (including phenoxy) is 1. The smallest absolute Gasteiger partial charge is 0.227 e. The molecule has 1 aliphatic rings. The molecule has 0 aromatic carbocycles. The van der Waals surface area contributed by atoms with Crippen LogP contribution in [0.3, 0.4) is 0 Å². The van der Waals surface area contributed by atoms with E-state index in [1.165, 1.54) is 12.3 Å². The predicted molar refractivity (Wildman–Crippen MR) is 117 cm³/mol. The summed E-state index contributed by atoms with van der Waals surface area (Å²) in [6.45, 7) is 5.29. The SMILES string of the molecule is Cc1cc(-n2cnc3c(NC4CCOCC4)nc(N[C@@H](C)c4ccc(F)cn4)nc32)n[nH]1. The third kappa shape index (κ3) is 4.11. The highest BCUT2D eigenvalue weighted by atomic mass is 19.1. The van der Waals surface area contributed by atoms with Gasteiger partial charge in [-0.05, 0) is 38.8 Å². The molecular formula is C21H24FN9O. The topological polar surface area (TPSA) is 118 Å². The molecule has 0 unspecified atom stereocenters. The van der Waals surface area contributed by atoms with Crippen molar-refractivity contribution in [2.45, 2.75) is 38.8 Å². The second kappa shape index (κ2) is 8.50. The lowest BCUT2D eigenvalue weighted by Crippen LogP contribution is -2.28. The van der Waals surface area contributed by atoms with Crippen LogP contribution >= 0.6 is 0 Å². The van der Waals surface area contributed by atoms with E-state index in [2.05, 4.69) is 30.8 Å². The molecule has 0 bridgehead atoms. The Hall–Kier alpha value is -3.60. The Labute approximate surface area is 183 Å². The van der Waals surface area contributed by atoms with Crippen LogP contribution in [0, 0.1) is 12.7 Å². The van der Waals surface area contributed by atoms with Crippen LogP contribution in [-0.2, 0) is 4.74 Å². The van der Waals surface area contributed by atoms with Gasteiger partial charge in [-0.3, -0.25) is 14.6 Å². The summed E-state index contributed by atoms with van der Waals surface area (Å²) in [6.07, 6.45) is 4.68. The quantitative estimate of drug-likeness (QED) is 0.421. The molecule has 5 rings (SSSR count). The number of hydrogen-bond donors (Lipinski definition) is 3. The van der Waals surface area contributed by atoms with Gasteiger partial charge >= 0.3 is 0 Å². The number of fused-ring (bicyclic) bond motifs is 1. The molecule has 3 N–H and O–H groups in total. The number of imidazole rings is 1. The van der Waals surface area contributed by atoms with Gasteiger partial charge in [0.1, 0.15) is 12.1 Å². The molecule has 0 amide bonds. The van der Waals surface area contributed by atoms with Gasteiger partial charge in [-0.25, -0.2) is 9.37 Å². The van der Waals surface area contributed by atoms with E-state index in [9.17, 15) is 4.39 Å². The first-order valence-electron chi connectivity index (χ1n) is 10.6. The summed E-state index contributed by atoms with van der Waals surface area (Å²) in [5.41, 5.74) is 2.91. The van der Waals surface area contributed by atoms with Crippen molar-refractivity contribution in [3.63, 3.8) is 0 Å². The van der Waals surface area contributed by atoms with Gasteiger partial charge in [0.2, 0.25) is 5.95 Å². The Balaban J connectivity index is 1.52. The first kappa shape index (κ1) is 20.3. The number of aromatic nitrogens is 7. The predicted octanol–water partition coefficient (Wildman–Crippen LogP) is 3.15. The molecule has 32 heavy (non-hydrogen) atoms. The monoisotopic (exact) mass is 437 g/mol. The Bertz CT molecular complexity index is 1210. The number of aromatic amines is 1. The summed E-state index contributed by atoms with van der Waals surface area (Å²) in [7, 11) is 0. The number of H-pyrrole nitrogens is 1. The van der Waals surface area contributed by atoms with E-state index in [-0.39, 0.29) is 17.9 Å². The van der Waals surface area contributed by atoms with E-state index in [0.717, 1.165) is 18.5 Å². The Morgan fingerprint density at radius 3 is 2.78 bits per heavy atom. The molecule has 11 heteroatoms. The number of pyridine rings is 1. The first-order valence-corrected chi connectivity index (χ1v) is 10.6. The number of anilines is 2. The Kier molecular flexibility index (Phi) is 5.39. The number of hydrogen-bond acceptors (Lipinski definition) is 8. The molecular weight excluding hydrogens is 413 g/mol. The molecule has 0 aliphatic carbocycles. The van der Waals surface area contributed by atoms with Gasteiger partial charge in [-0.15, -0.1) is 0 Å². The van der Waals surface area contributed by atoms with Crippen molar-refractivity contribution in [3.8, 4) is 5.82 Å². The van der Waals surface area contributed by atoms with Gasteiger partial charge < -0.3 is 15.4 Å². The lowest BCUT2D eigenvalue weighted by atomic mass is 10.1. The third-order valence-electron chi connectivity index (χ3n) is 5.44. The zero-order valence-electron chi connectivity index (χ0n) is 17.8. The molecule has 0 radical (unpaired) electrons. The van der Waals surface area contributed by atoms with Crippen LogP contribution in [0.15, 0.2) is 30.7 Å². The molecule has 1 aliphatic heterocycles. The van der Waals surface area contributed by atoms with Crippen LogP contribution in [0.4, 0.5) is 16.2 Å². The number of halogens is 1. The van der Waals surface area contributed by atoms with E-state index < -0.39 is 0 Å². The number of nitrogens with one attached hydrogen (secondary N) is 3. The molecule has 0 saturated carbocycles. The third-order valence-corrected chi connectivity index (χ3v) is 5.44. The lowest BCUT2D eigenvalue weighted by molar-refractivity contribution is 0.0904. The molecule has 10 nitrogen and oxygen atoms in total. The zero-order chi connectivity index (χ0) is 22.1. The van der Waals surface area contributed by atoms with Crippen molar-refractivity contribution in [2.24, 2.45) is 0 Å². The van der Waals surface area contributed by atoms with Crippen molar-refractivity contribution in [1.82, 2.24) is 34.7 Å². The molecule has 4 aromatic rings. The number of aryl methyl sites for hydroxylation is 1. The van der Waals surface area contributed by atoms with Crippen LogP contribution in [-0.4, -0.2) is 54.0 Å². The van der Waals surface area contributed by atoms with Crippen LogP contribution < -0.4 is 10.6 Å². The molecule has 1 fully saturated rings. The zero-order valence-corrected chi connectivity index (χ0v) is 17.8. The molecule has 5 heterocycles. The highest BCUT2D eigenvalue weighted by Crippen LogP contribution is 2.26. The minimum atomic E-state index is -0.375. The van der Waals surface area contributed by atoms with E-state index in [4.69, 9.17) is 14.7 Å². The summed E-state index contributed by atoms with van der Waals surface area (Å²) in [4.78, 5) is 18.1. The molecule has 166 valence electrons. The fourth-order valence-corrected chi connectivity index (χ4v) is 3.71. The lowest BCUT2D eigenvalue weighted by Gasteiger charge is -2.24. The maximum atomic E-state index is 13.3. The standard InChI is InChI=1S/C21H24FN9O/c1-12-9-17(30-29-12)31-11-24-18-19(26-15-5-7-32-8-6-15)27-21(28-20(18)31)25-13(2)16-4-3-14(22)10-23-16/h3-4,9-11,13,15H,5-8H2,1-2H3,(H,29,30)(H2,25,26,27,28)/t13-/m0/s1. The Morgan fingerprint density at radius 1 is 1.22 bits per heavy atom. The summed E-state index contributed by atoms with van der Waals surface area (Å²) < 4.78 is 20.5. The summed E-state index contributed by atoms with van der Waals surface area (Å²) in [6, 6.07) is 4.96. The Morgan fingerprint density at radius 2 is 2.06 bits per heavy atom. The van der Waals surface area contributed by atoms with Crippen molar-refractivity contribution >= 4 is 22.9 Å². The average Bonchev–Trinajstić information content (AvgIpc) is 3.41. The summed E-state index contributed by atoms with van der Waals surface area (Å²) in [5.74, 6) is 1.38. The highest BCUT2D eigenvalue weighted by molar-refractivity contribution is 5.85. The van der Waals surface area contributed by atoms with Gasteiger partial charge in [-0.2, -0.15) is 15.1 Å². The molecule has 1 saturated heterocycles. The van der Waals surface area contributed by atoms with Crippen molar-refractivity contribution in [1.29, 1.82) is 0 Å². The fraction of sp³-hybridized carbons (Fsp3) is 0.381. The van der Waals surface area contributed by atoms with Gasteiger partial charge in [0, 0.05) is 31.0 Å². The second-order valence-corrected chi connectivity index (χ2v) is 7.89. The normalized spacial score (nSPS) is 15.7. The minimum absolute atomic E-state index is 0.229. The number of rotatable bonds is 6. The summed E-state index contributed by atoms with van der Waals surface area (Å²) in [5, 5.41) is 14.1. The van der Waals surface area contributed by atoms with Crippen molar-refractivity contribution < 1.29 is 9.13 Å². The largest absolute Gasteiger partial charge is 0.381 e. The van der Waals surface area contributed by atoms with Crippen molar-refractivity contribution in [2.75, 3.05) is 23.8 Å². The average molecular weight is 437 g/mol. The molecule has 1 atom stereocenters. The maximum Gasteiger partial charge on any atom is 0.227 e. The summed E-state index contributed by atoms with van der Waals surface area (Å²) >= 11 is 0. The maximum absolute atomic E-state index is 13.3. The molecule has 0 spiro atoms. The van der Waals surface area contributed by atoms with Gasteiger partial charge in [0.15, 0.2) is 22.8 Å². The van der Waals surface area contributed by atoms with Crippen LogP contribution in [0.25, 0.3) is 17.0 Å². The van der Waals surface area contributed by atoms with E-state index in [1.54, 1.807) is 12.4 Å². The van der Waals surface area contributed by atoms with Crippen LogP contribution in [0.1, 0.15) is 37.2 Å². The molecule has 4 aromatic heterocycles. The van der Waals surface area contributed by atoms with E-state index in [0.29, 0.717) is 47.7 Å². The first-order chi connectivity index (χ1) is 15.6. The van der Waals surface area contributed by atoms with Gasteiger partial charge in [0.05, 0.1) is 17.9 Å². The van der Waals surface area contributed by atoms with Crippen LogP contribution in [0.5, 0.6) is 0 Å². The highest BCUT2D eigenvalue weighted by Gasteiger charge is 2.21. The minimum Gasteiger partial charge on any atom is -0.381 e. The second-order valence-electron chi connectivity index (χ2n) is 7.89. The van der Waals surface area contributed by atoms with Crippen LogP contribution in [0.2, 0.25) is 0 Å². The van der Waals surface area contributed by atoms with E-state index in [1.807, 2.05) is 24.5 Å². The van der Waals surface area contributed by atoms with E-state index >= 15 is 0 Å². The fourth-order valence-electron chi connectivity index (χ4n) is 3.71. The van der Waals surface area contributed by atoms with Gasteiger partial charge in [-0.1, -0.05) is 0 Å². The number of nitrogens with zero attached hydrogens (tertiary/aromatic N) is 6.